The van der Waals surface area contributed by atoms with Crippen molar-refractivity contribution in [2.75, 3.05) is 46.8 Å². The van der Waals surface area contributed by atoms with Crippen LogP contribution in [0.25, 0.3) is 0 Å². The Bertz CT molecular complexity index is 201. The monoisotopic (exact) mass is 304 g/mol. The van der Waals surface area contributed by atoms with Crippen LogP contribution in [-0.4, -0.2) is 52.4 Å². The molecule has 128 valence electrons. The van der Waals surface area contributed by atoms with Gasteiger partial charge in [-0.15, -0.1) is 0 Å². The molecule has 0 saturated heterocycles. The van der Waals surface area contributed by atoms with Crippen molar-refractivity contribution >= 4 is 0 Å². The molecule has 0 spiro atoms. The summed E-state index contributed by atoms with van der Waals surface area (Å²) in [7, 11) is 1.73. The highest BCUT2D eigenvalue weighted by Gasteiger charge is 2.08. The van der Waals surface area contributed by atoms with Crippen LogP contribution in [0.1, 0.15) is 59.3 Å². The zero-order chi connectivity index (χ0) is 15.8. The van der Waals surface area contributed by atoms with Crippen LogP contribution in [0.5, 0.6) is 0 Å². The lowest BCUT2D eigenvalue weighted by Gasteiger charge is -2.19. The van der Waals surface area contributed by atoms with Crippen LogP contribution in [0, 0.1) is 0 Å². The lowest BCUT2D eigenvalue weighted by atomic mass is 10.2. The van der Waals surface area contributed by atoms with E-state index in [-0.39, 0.29) is 5.60 Å². The number of hydrogen-bond donors (Lipinski definition) is 0. The molecule has 4 nitrogen and oxygen atoms in total. The molecule has 0 aromatic rings. The highest BCUT2D eigenvalue weighted by atomic mass is 16.5. The third kappa shape index (κ3) is 19.8. The van der Waals surface area contributed by atoms with E-state index in [2.05, 4.69) is 20.8 Å². The third-order valence-corrected chi connectivity index (χ3v) is 2.93. The number of hydrogen-bond acceptors (Lipinski definition) is 4. The second-order valence-corrected chi connectivity index (χ2v) is 6.30. The van der Waals surface area contributed by atoms with Crippen molar-refractivity contribution in [2.24, 2.45) is 0 Å². The molecule has 0 radical (unpaired) electrons. The fraction of sp³-hybridized carbons (Fsp3) is 1.00. The Labute approximate surface area is 131 Å². The molecule has 0 saturated carbocycles. The number of ether oxygens (including phenoxy) is 4. The van der Waals surface area contributed by atoms with Gasteiger partial charge in [0.05, 0.1) is 5.60 Å². The first-order valence-electron chi connectivity index (χ1n) is 8.34. The summed E-state index contributed by atoms with van der Waals surface area (Å²) in [4.78, 5) is 0. The number of unbranched alkanes of at least 4 members (excludes halogenated alkanes) is 3. The average molecular weight is 304 g/mol. The number of rotatable bonds is 15. The van der Waals surface area contributed by atoms with Gasteiger partial charge < -0.3 is 18.9 Å². The predicted molar refractivity (Wildman–Crippen MR) is 86.9 cm³/mol. The van der Waals surface area contributed by atoms with E-state index in [1.807, 2.05) is 0 Å². The van der Waals surface area contributed by atoms with Crippen LogP contribution in [0.4, 0.5) is 0 Å². The molecule has 0 bridgehead atoms. The van der Waals surface area contributed by atoms with Crippen molar-refractivity contribution in [3.8, 4) is 0 Å². The maximum absolute atomic E-state index is 5.66. The van der Waals surface area contributed by atoms with Crippen LogP contribution < -0.4 is 0 Å². The molecule has 0 N–H and O–H groups in total. The third-order valence-electron chi connectivity index (χ3n) is 2.93. The summed E-state index contributed by atoms with van der Waals surface area (Å²) in [6, 6.07) is 0. The van der Waals surface area contributed by atoms with Crippen LogP contribution in [-0.2, 0) is 18.9 Å². The van der Waals surface area contributed by atoms with Gasteiger partial charge in [-0.1, -0.05) is 0 Å². The van der Waals surface area contributed by atoms with E-state index < -0.39 is 0 Å². The Morgan fingerprint density at radius 2 is 0.952 bits per heavy atom. The smallest absolute Gasteiger partial charge is 0.0598 e. The van der Waals surface area contributed by atoms with Gasteiger partial charge in [0.1, 0.15) is 0 Å². The van der Waals surface area contributed by atoms with Crippen molar-refractivity contribution in [2.45, 2.75) is 64.9 Å². The first-order chi connectivity index (χ1) is 10.1. The van der Waals surface area contributed by atoms with Gasteiger partial charge in [0.15, 0.2) is 0 Å². The molecule has 0 aromatic heterocycles. The lowest BCUT2D eigenvalue weighted by Crippen LogP contribution is -2.19. The van der Waals surface area contributed by atoms with Gasteiger partial charge in [0.2, 0.25) is 0 Å². The van der Waals surface area contributed by atoms with E-state index in [0.717, 1.165) is 78.2 Å². The normalized spacial score (nSPS) is 12.0. The molecular weight excluding hydrogens is 268 g/mol. The Kier molecular flexibility index (Phi) is 14.7. The summed E-state index contributed by atoms with van der Waals surface area (Å²) in [5.41, 5.74) is -0.0234. The van der Waals surface area contributed by atoms with Crippen LogP contribution in [0.2, 0.25) is 0 Å². The van der Waals surface area contributed by atoms with Crippen LogP contribution >= 0.6 is 0 Å². The molecule has 0 aromatic carbocycles. The zero-order valence-corrected chi connectivity index (χ0v) is 14.6. The zero-order valence-electron chi connectivity index (χ0n) is 14.6. The summed E-state index contributed by atoms with van der Waals surface area (Å²) < 4.78 is 21.8. The fourth-order valence-corrected chi connectivity index (χ4v) is 1.75. The van der Waals surface area contributed by atoms with Gasteiger partial charge in [-0.2, -0.15) is 0 Å². The van der Waals surface area contributed by atoms with Gasteiger partial charge in [0.25, 0.3) is 0 Å². The minimum Gasteiger partial charge on any atom is -0.385 e. The van der Waals surface area contributed by atoms with Gasteiger partial charge in [-0.05, 0) is 59.3 Å². The SMILES string of the molecule is COCCCCOCCCCOCCCCOC(C)(C)C. The minimum absolute atomic E-state index is 0.0234. The molecule has 0 amide bonds. The highest BCUT2D eigenvalue weighted by Crippen LogP contribution is 2.07. The van der Waals surface area contributed by atoms with E-state index >= 15 is 0 Å². The Balaban J connectivity index is 3.00. The molecule has 0 aliphatic heterocycles. The maximum atomic E-state index is 5.66. The quantitative estimate of drug-likeness (QED) is 0.431. The van der Waals surface area contributed by atoms with Crippen molar-refractivity contribution in [3.63, 3.8) is 0 Å². The van der Waals surface area contributed by atoms with E-state index in [4.69, 9.17) is 18.9 Å². The largest absolute Gasteiger partial charge is 0.385 e. The molecular formula is C17H36O4. The Hall–Kier alpha value is -0.160. The van der Waals surface area contributed by atoms with Crippen LogP contribution in [0.15, 0.2) is 0 Å². The first-order valence-corrected chi connectivity index (χ1v) is 8.34. The van der Waals surface area contributed by atoms with Gasteiger partial charge in [-0.3, -0.25) is 0 Å². The topological polar surface area (TPSA) is 36.9 Å². The molecule has 0 aliphatic rings. The summed E-state index contributed by atoms with van der Waals surface area (Å²) in [5.74, 6) is 0. The molecule has 0 heterocycles. The minimum atomic E-state index is -0.0234. The van der Waals surface area contributed by atoms with Crippen LogP contribution in [0.3, 0.4) is 0 Å². The average Bonchev–Trinajstić information content (AvgIpc) is 2.42. The molecule has 0 aliphatic carbocycles. The standard InChI is InChI=1S/C17H36O4/c1-17(2,3)21-16-10-9-15-20-14-8-7-13-19-12-6-5-11-18-4/h5-16H2,1-4H3. The first kappa shape index (κ1) is 20.8. The van der Waals surface area contributed by atoms with Crippen molar-refractivity contribution in [1.82, 2.24) is 0 Å². The van der Waals surface area contributed by atoms with Crippen molar-refractivity contribution in [1.29, 1.82) is 0 Å². The second-order valence-electron chi connectivity index (χ2n) is 6.30. The molecule has 0 atom stereocenters. The van der Waals surface area contributed by atoms with E-state index in [1.54, 1.807) is 7.11 Å². The summed E-state index contributed by atoms with van der Waals surface area (Å²) in [6.45, 7) is 11.3. The lowest BCUT2D eigenvalue weighted by molar-refractivity contribution is -0.00739. The van der Waals surface area contributed by atoms with Gasteiger partial charge in [0, 0.05) is 46.8 Å². The maximum Gasteiger partial charge on any atom is 0.0598 e. The molecule has 4 heteroatoms. The molecule has 21 heavy (non-hydrogen) atoms. The van der Waals surface area contributed by atoms with E-state index in [0.29, 0.717) is 0 Å². The fourth-order valence-electron chi connectivity index (χ4n) is 1.75. The predicted octanol–water partition coefficient (Wildman–Crippen LogP) is 3.82. The summed E-state index contributed by atoms with van der Waals surface area (Å²) in [6.07, 6.45) is 6.47. The highest BCUT2D eigenvalue weighted by molar-refractivity contribution is 4.58. The number of methoxy groups -OCH3 is 1. The Morgan fingerprint density at radius 3 is 1.33 bits per heavy atom. The summed E-state index contributed by atoms with van der Waals surface area (Å²) >= 11 is 0. The summed E-state index contributed by atoms with van der Waals surface area (Å²) in [5, 5.41) is 0. The molecule has 0 fully saturated rings. The van der Waals surface area contributed by atoms with Crippen molar-refractivity contribution in [3.05, 3.63) is 0 Å². The molecule has 0 rings (SSSR count). The van der Waals surface area contributed by atoms with Gasteiger partial charge in [-0.25, -0.2) is 0 Å². The van der Waals surface area contributed by atoms with E-state index in [9.17, 15) is 0 Å². The van der Waals surface area contributed by atoms with E-state index in [1.165, 1.54) is 0 Å². The van der Waals surface area contributed by atoms with Crippen molar-refractivity contribution < 1.29 is 18.9 Å². The Morgan fingerprint density at radius 1 is 0.571 bits per heavy atom. The van der Waals surface area contributed by atoms with Gasteiger partial charge >= 0.3 is 0 Å². The molecule has 0 unspecified atom stereocenters. The second kappa shape index (κ2) is 14.8.